The molecule has 0 aromatic carbocycles. The summed E-state index contributed by atoms with van der Waals surface area (Å²) in [4.78, 5) is 0. The molecule has 0 aliphatic heterocycles. The van der Waals surface area contributed by atoms with Crippen molar-refractivity contribution >= 4 is 11.6 Å². The van der Waals surface area contributed by atoms with Crippen LogP contribution in [0.1, 0.15) is 31.0 Å². The van der Waals surface area contributed by atoms with Crippen LogP contribution in [-0.4, -0.2) is 15.8 Å². The minimum atomic E-state index is 0.362. The van der Waals surface area contributed by atoms with Gasteiger partial charge in [0.1, 0.15) is 5.15 Å². The van der Waals surface area contributed by atoms with Crippen LogP contribution in [0.25, 0.3) is 0 Å². The highest BCUT2D eigenvalue weighted by Gasteiger charge is 2.31. The molecule has 1 saturated carbocycles. The first kappa shape index (κ1) is 11.9. The molecule has 1 aliphatic carbocycles. The van der Waals surface area contributed by atoms with Crippen molar-refractivity contribution in [3.63, 3.8) is 0 Å². The van der Waals surface area contributed by atoms with E-state index < -0.39 is 0 Å². The van der Waals surface area contributed by atoms with Crippen molar-refractivity contribution in [1.29, 1.82) is 0 Å². The SMILES string of the molecule is Cc1nn(C)c(Cl)c1CC1CCC(N)C1C. The van der Waals surface area contributed by atoms with Crippen molar-refractivity contribution in [2.45, 2.75) is 39.2 Å². The van der Waals surface area contributed by atoms with E-state index in [9.17, 15) is 0 Å². The maximum Gasteiger partial charge on any atom is 0.130 e. The lowest BCUT2D eigenvalue weighted by Crippen LogP contribution is -2.25. The first-order chi connectivity index (χ1) is 7.50. The average molecular weight is 242 g/mol. The fourth-order valence-electron chi connectivity index (χ4n) is 2.74. The number of nitrogens with two attached hydrogens (primary N) is 1. The molecule has 1 aromatic rings. The van der Waals surface area contributed by atoms with E-state index in [1.165, 1.54) is 12.0 Å². The molecule has 4 heteroatoms. The Balaban J connectivity index is 2.15. The third-order valence-electron chi connectivity index (χ3n) is 4.03. The largest absolute Gasteiger partial charge is 0.327 e. The van der Waals surface area contributed by atoms with Gasteiger partial charge < -0.3 is 5.73 Å². The zero-order valence-corrected chi connectivity index (χ0v) is 11.0. The highest BCUT2D eigenvalue weighted by Crippen LogP contribution is 2.35. The van der Waals surface area contributed by atoms with Gasteiger partial charge in [-0.1, -0.05) is 18.5 Å². The molecular weight excluding hydrogens is 222 g/mol. The molecule has 1 fully saturated rings. The maximum absolute atomic E-state index is 6.25. The molecule has 0 radical (unpaired) electrons. The Hall–Kier alpha value is -0.540. The molecule has 2 rings (SSSR count). The van der Waals surface area contributed by atoms with Crippen LogP contribution in [0.2, 0.25) is 5.15 Å². The second kappa shape index (κ2) is 4.38. The van der Waals surface area contributed by atoms with Crippen LogP contribution in [0.4, 0.5) is 0 Å². The Morgan fingerprint density at radius 1 is 1.50 bits per heavy atom. The molecule has 1 aliphatic rings. The Kier molecular flexibility index (Phi) is 3.27. The topological polar surface area (TPSA) is 43.8 Å². The van der Waals surface area contributed by atoms with Crippen LogP contribution in [-0.2, 0) is 13.5 Å². The van der Waals surface area contributed by atoms with E-state index in [0.717, 1.165) is 23.7 Å². The van der Waals surface area contributed by atoms with Crippen LogP contribution in [0.5, 0.6) is 0 Å². The standard InChI is InChI=1S/C12H20ClN3/c1-7-9(4-5-11(7)14)6-10-8(2)15-16(3)12(10)13/h7,9,11H,4-6,14H2,1-3H3. The van der Waals surface area contributed by atoms with E-state index in [1.54, 1.807) is 4.68 Å². The van der Waals surface area contributed by atoms with Gasteiger partial charge in [-0.2, -0.15) is 5.10 Å². The number of halogens is 1. The Bertz CT molecular complexity index is 386. The predicted octanol–water partition coefficient (Wildman–Crippen LogP) is 2.30. The predicted molar refractivity (Wildman–Crippen MR) is 66.5 cm³/mol. The van der Waals surface area contributed by atoms with Crippen molar-refractivity contribution in [1.82, 2.24) is 9.78 Å². The first-order valence-corrected chi connectivity index (χ1v) is 6.32. The van der Waals surface area contributed by atoms with Gasteiger partial charge in [-0.15, -0.1) is 0 Å². The van der Waals surface area contributed by atoms with Crippen molar-refractivity contribution in [3.8, 4) is 0 Å². The fourth-order valence-corrected chi connectivity index (χ4v) is 2.99. The van der Waals surface area contributed by atoms with Crippen molar-refractivity contribution in [2.75, 3.05) is 0 Å². The molecule has 2 N–H and O–H groups in total. The van der Waals surface area contributed by atoms with Crippen molar-refractivity contribution in [2.24, 2.45) is 24.6 Å². The maximum atomic E-state index is 6.25. The van der Waals surface area contributed by atoms with E-state index in [-0.39, 0.29) is 0 Å². The van der Waals surface area contributed by atoms with Crippen LogP contribution in [0, 0.1) is 18.8 Å². The Morgan fingerprint density at radius 3 is 2.62 bits per heavy atom. The quantitative estimate of drug-likeness (QED) is 0.864. The fraction of sp³-hybridized carbons (Fsp3) is 0.750. The zero-order chi connectivity index (χ0) is 11.9. The molecule has 0 bridgehead atoms. The number of aromatic nitrogens is 2. The van der Waals surface area contributed by atoms with Gasteiger partial charge in [-0.25, -0.2) is 0 Å². The molecule has 1 aromatic heterocycles. The summed E-state index contributed by atoms with van der Waals surface area (Å²) in [5.41, 5.74) is 8.31. The summed E-state index contributed by atoms with van der Waals surface area (Å²) in [5, 5.41) is 5.13. The van der Waals surface area contributed by atoms with E-state index in [1.807, 2.05) is 14.0 Å². The van der Waals surface area contributed by atoms with Gasteiger partial charge in [0.15, 0.2) is 0 Å². The Morgan fingerprint density at radius 2 is 2.19 bits per heavy atom. The van der Waals surface area contributed by atoms with E-state index in [4.69, 9.17) is 17.3 Å². The van der Waals surface area contributed by atoms with Gasteiger partial charge in [0.05, 0.1) is 5.69 Å². The second-order valence-electron chi connectivity index (χ2n) is 5.04. The molecule has 16 heavy (non-hydrogen) atoms. The number of nitrogens with zero attached hydrogens (tertiary/aromatic N) is 2. The summed E-state index contributed by atoms with van der Waals surface area (Å²) in [6.45, 7) is 4.28. The lowest BCUT2D eigenvalue weighted by atomic mass is 9.90. The lowest BCUT2D eigenvalue weighted by Gasteiger charge is -2.17. The third kappa shape index (κ3) is 1.98. The normalized spacial score (nSPS) is 29.9. The minimum absolute atomic E-state index is 0.362. The smallest absolute Gasteiger partial charge is 0.130 e. The number of rotatable bonds is 2. The van der Waals surface area contributed by atoms with Crippen LogP contribution in [0.15, 0.2) is 0 Å². The summed E-state index contributed by atoms with van der Waals surface area (Å²) in [5.74, 6) is 1.26. The van der Waals surface area contributed by atoms with Gasteiger partial charge >= 0.3 is 0 Å². The highest BCUT2D eigenvalue weighted by molar-refractivity contribution is 6.30. The molecule has 3 atom stereocenters. The Labute approximate surface area is 102 Å². The van der Waals surface area contributed by atoms with Gasteiger partial charge in [-0.3, -0.25) is 4.68 Å². The molecule has 90 valence electrons. The van der Waals surface area contributed by atoms with E-state index in [0.29, 0.717) is 17.9 Å². The number of hydrogen-bond donors (Lipinski definition) is 1. The van der Waals surface area contributed by atoms with E-state index >= 15 is 0 Å². The summed E-state index contributed by atoms with van der Waals surface area (Å²) in [6, 6.07) is 0.362. The molecule has 0 spiro atoms. The van der Waals surface area contributed by atoms with Gasteiger partial charge in [0, 0.05) is 18.7 Å². The number of aryl methyl sites for hydroxylation is 2. The van der Waals surface area contributed by atoms with Gasteiger partial charge in [0.2, 0.25) is 0 Å². The lowest BCUT2D eigenvalue weighted by molar-refractivity contribution is 0.390. The van der Waals surface area contributed by atoms with Crippen LogP contribution in [0.3, 0.4) is 0 Å². The number of hydrogen-bond acceptors (Lipinski definition) is 2. The summed E-state index contributed by atoms with van der Waals surface area (Å²) in [6.07, 6.45) is 3.38. The molecule has 3 nitrogen and oxygen atoms in total. The van der Waals surface area contributed by atoms with Gasteiger partial charge in [-0.05, 0) is 38.0 Å². The summed E-state index contributed by atoms with van der Waals surface area (Å²) in [7, 11) is 1.89. The molecule has 0 saturated heterocycles. The second-order valence-corrected chi connectivity index (χ2v) is 5.40. The van der Waals surface area contributed by atoms with Crippen LogP contribution < -0.4 is 5.73 Å². The van der Waals surface area contributed by atoms with Crippen molar-refractivity contribution < 1.29 is 0 Å². The molecule has 1 heterocycles. The van der Waals surface area contributed by atoms with Crippen molar-refractivity contribution in [3.05, 3.63) is 16.4 Å². The average Bonchev–Trinajstić information content (AvgIpc) is 2.66. The molecule has 0 amide bonds. The van der Waals surface area contributed by atoms with Gasteiger partial charge in [0.25, 0.3) is 0 Å². The monoisotopic (exact) mass is 241 g/mol. The van der Waals surface area contributed by atoms with Crippen LogP contribution >= 0.6 is 11.6 Å². The van der Waals surface area contributed by atoms with E-state index in [2.05, 4.69) is 12.0 Å². The molecular formula is C12H20ClN3. The third-order valence-corrected chi connectivity index (χ3v) is 4.50. The summed E-state index contributed by atoms with van der Waals surface area (Å²) >= 11 is 6.25. The highest BCUT2D eigenvalue weighted by atomic mass is 35.5. The summed E-state index contributed by atoms with van der Waals surface area (Å²) < 4.78 is 1.76. The first-order valence-electron chi connectivity index (χ1n) is 5.94. The minimum Gasteiger partial charge on any atom is -0.327 e. The zero-order valence-electron chi connectivity index (χ0n) is 10.2. The molecule has 3 unspecified atom stereocenters.